The Balaban J connectivity index is 1.33. The second kappa shape index (κ2) is 11.4. The van der Waals surface area contributed by atoms with Crippen LogP contribution in [0.1, 0.15) is 62.5 Å². The average Bonchev–Trinajstić information content (AvgIpc) is 3.25. The molecule has 1 aromatic heterocycles. The third-order valence-corrected chi connectivity index (χ3v) is 7.94. The molecule has 7 nitrogen and oxygen atoms in total. The summed E-state index contributed by atoms with van der Waals surface area (Å²) in [5.74, 6) is 1.65. The van der Waals surface area contributed by atoms with Crippen LogP contribution in [0.3, 0.4) is 0 Å². The Morgan fingerprint density at radius 3 is 2.47 bits per heavy atom. The number of aryl methyl sites for hydroxylation is 1. The smallest absolute Gasteiger partial charge is 0.269 e. The first-order valence-electron chi connectivity index (χ1n) is 13.4. The number of hydrogen-bond acceptors (Lipinski definition) is 5. The minimum Gasteiger partial charge on any atom is -0.489 e. The van der Waals surface area contributed by atoms with Crippen LogP contribution in [0.15, 0.2) is 48.7 Å². The summed E-state index contributed by atoms with van der Waals surface area (Å²) in [6, 6.07) is 12.9. The lowest BCUT2D eigenvalue weighted by Crippen LogP contribution is -2.35. The zero-order valence-corrected chi connectivity index (χ0v) is 21.0. The van der Waals surface area contributed by atoms with E-state index >= 15 is 0 Å². The van der Waals surface area contributed by atoms with Gasteiger partial charge in [-0.1, -0.05) is 32.1 Å². The van der Waals surface area contributed by atoms with Gasteiger partial charge in [0.2, 0.25) is 0 Å². The van der Waals surface area contributed by atoms with Crippen molar-refractivity contribution in [2.24, 2.45) is 5.92 Å². The molecule has 2 aliphatic rings. The molecule has 3 aromatic rings. The molecule has 192 valence electrons. The molecule has 5 rings (SSSR count). The number of nitro benzene ring substituents is 1. The third-order valence-electron chi connectivity index (χ3n) is 7.94. The fourth-order valence-electron chi connectivity index (χ4n) is 5.75. The van der Waals surface area contributed by atoms with E-state index in [4.69, 9.17) is 4.74 Å². The summed E-state index contributed by atoms with van der Waals surface area (Å²) in [5.41, 5.74) is 3.55. The maximum Gasteiger partial charge on any atom is 0.269 e. The number of aliphatic hydroxyl groups excluding tert-OH is 1. The number of hydrogen-bond donors (Lipinski definition) is 1. The van der Waals surface area contributed by atoms with E-state index in [0.717, 1.165) is 56.3 Å². The summed E-state index contributed by atoms with van der Waals surface area (Å²) >= 11 is 0. The van der Waals surface area contributed by atoms with Gasteiger partial charge in [-0.3, -0.25) is 15.0 Å². The molecule has 1 saturated heterocycles. The number of benzene rings is 2. The summed E-state index contributed by atoms with van der Waals surface area (Å²) in [6.45, 7) is 4.14. The molecule has 0 radical (unpaired) electrons. The monoisotopic (exact) mass is 491 g/mol. The molecule has 7 heteroatoms. The lowest BCUT2D eigenvalue weighted by Gasteiger charge is -2.29. The fourth-order valence-corrected chi connectivity index (χ4v) is 5.75. The van der Waals surface area contributed by atoms with Gasteiger partial charge in [-0.2, -0.15) is 0 Å². The van der Waals surface area contributed by atoms with Gasteiger partial charge in [-0.25, -0.2) is 0 Å². The highest BCUT2D eigenvalue weighted by Crippen LogP contribution is 2.31. The summed E-state index contributed by atoms with van der Waals surface area (Å²) < 4.78 is 8.53. The highest BCUT2D eigenvalue weighted by molar-refractivity contribution is 5.85. The van der Waals surface area contributed by atoms with Crippen LogP contribution in [0, 0.1) is 16.0 Å². The molecule has 1 aliphatic heterocycles. The first-order chi connectivity index (χ1) is 17.5. The van der Waals surface area contributed by atoms with Crippen molar-refractivity contribution in [2.75, 3.05) is 13.1 Å². The van der Waals surface area contributed by atoms with Crippen LogP contribution >= 0.6 is 0 Å². The van der Waals surface area contributed by atoms with Crippen LogP contribution in [0.2, 0.25) is 0 Å². The van der Waals surface area contributed by atoms with Crippen LogP contribution in [0.25, 0.3) is 10.9 Å². The van der Waals surface area contributed by atoms with Gasteiger partial charge < -0.3 is 14.4 Å². The molecule has 1 N–H and O–H groups in total. The van der Waals surface area contributed by atoms with Gasteiger partial charge in [0.1, 0.15) is 12.4 Å². The topological polar surface area (TPSA) is 80.8 Å². The highest BCUT2D eigenvalue weighted by Gasteiger charge is 2.20. The minimum atomic E-state index is -0.387. The van der Waals surface area contributed by atoms with Gasteiger partial charge >= 0.3 is 0 Å². The van der Waals surface area contributed by atoms with Gasteiger partial charge in [-0.05, 0) is 66.6 Å². The molecule has 0 spiro atoms. The van der Waals surface area contributed by atoms with Crippen molar-refractivity contribution < 1.29 is 14.8 Å². The summed E-state index contributed by atoms with van der Waals surface area (Å²) in [7, 11) is 0. The van der Waals surface area contributed by atoms with E-state index in [2.05, 4.69) is 27.8 Å². The van der Waals surface area contributed by atoms with Gasteiger partial charge in [0.15, 0.2) is 0 Å². The Kier molecular flexibility index (Phi) is 7.87. The molecule has 2 fully saturated rings. The van der Waals surface area contributed by atoms with Crippen molar-refractivity contribution in [3.63, 3.8) is 0 Å². The highest BCUT2D eigenvalue weighted by atomic mass is 16.6. The number of nitrogens with zero attached hydrogens (tertiary/aromatic N) is 3. The Morgan fingerprint density at radius 1 is 1.00 bits per heavy atom. The van der Waals surface area contributed by atoms with Gasteiger partial charge in [0.05, 0.1) is 11.0 Å². The molecule has 2 aromatic carbocycles. The van der Waals surface area contributed by atoms with Crippen LogP contribution < -0.4 is 4.74 Å². The number of rotatable bonds is 9. The number of nitro groups is 1. The number of aromatic nitrogens is 1. The number of non-ortho nitro benzene ring substituents is 1. The van der Waals surface area contributed by atoms with E-state index in [1.54, 1.807) is 12.1 Å². The fraction of sp³-hybridized carbons (Fsp3) is 0.517. The second-order valence-corrected chi connectivity index (χ2v) is 10.5. The van der Waals surface area contributed by atoms with Crippen molar-refractivity contribution in [1.82, 2.24) is 9.47 Å². The van der Waals surface area contributed by atoms with Gasteiger partial charge in [-0.15, -0.1) is 0 Å². The normalized spacial score (nSPS) is 18.0. The Bertz CT molecular complexity index is 1160. The minimum absolute atomic E-state index is 0.0876. The number of piperidine rings is 1. The molecular weight excluding hydrogens is 454 g/mol. The Morgan fingerprint density at radius 2 is 1.75 bits per heavy atom. The zero-order chi connectivity index (χ0) is 24.9. The van der Waals surface area contributed by atoms with E-state index in [-0.39, 0.29) is 16.7 Å². The Labute approximate surface area is 212 Å². The molecule has 1 saturated carbocycles. The van der Waals surface area contributed by atoms with Crippen molar-refractivity contribution in [1.29, 1.82) is 0 Å². The largest absolute Gasteiger partial charge is 0.489 e. The van der Waals surface area contributed by atoms with E-state index in [9.17, 15) is 15.2 Å². The first kappa shape index (κ1) is 24.8. The molecule has 36 heavy (non-hydrogen) atoms. The van der Waals surface area contributed by atoms with E-state index in [1.165, 1.54) is 67.1 Å². The SMILES string of the molecule is O=[N+]([O-])c1ccc(COc2ccc3c(c2)c(CN2CCC(O)CC2)cn3CCC2CCCCC2)cc1. The van der Waals surface area contributed by atoms with Gasteiger partial charge in [0.25, 0.3) is 5.69 Å². The van der Waals surface area contributed by atoms with E-state index < -0.39 is 0 Å². The maximum atomic E-state index is 10.9. The second-order valence-electron chi connectivity index (χ2n) is 10.5. The van der Waals surface area contributed by atoms with Crippen LogP contribution in [-0.2, 0) is 19.7 Å². The van der Waals surface area contributed by atoms with E-state index in [1.807, 2.05) is 6.07 Å². The van der Waals surface area contributed by atoms with Gasteiger partial charge in [0, 0.05) is 55.4 Å². The molecule has 0 atom stereocenters. The zero-order valence-electron chi connectivity index (χ0n) is 21.0. The summed E-state index contributed by atoms with van der Waals surface area (Å²) in [6.07, 6.45) is 11.9. The van der Waals surface area contributed by atoms with Crippen LogP contribution in [-0.4, -0.2) is 38.7 Å². The molecular formula is C29H37N3O4. The predicted octanol–water partition coefficient (Wildman–Crippen LogP) is 6.06. The quantitative estimate of drug-likeness (QED) is 0.291. The molecule has 0 amide bonds. The first-order valence-corrected chi connectivity index (χ1v) is 13.4. The van der Waals surface area contributed by atoms with Crippen molar-refractivity contribution in [3.05, 3.63) is 69.9 Å². The number of fused-ring (bicyclic) bond motifs is 1. The van der Waals surface area contributed by atoms with Crippen molar-refractivity contribution in [3.8, 4) is 5.75 Å². The summed E-state index contributed by atoms with van der Waals surface area (Å²) in [5, 5.41) is 22.0. The number of likely N-dealkylation sites (tertiary alicyclic amines) is 1. The molecule has 2 heterocycles. The number of ether oxygens (including phenoxy) is 1. The lowest BCUT2D eigenvalue weighted by molar-refractivity contribution is -0.384. The molecule has 0 bridgehead atoms. The molecule has 0 unspecified atom stereocenters. The number of aliphatic hydroxyl groups is 1. The van der Waals surface area contributed by atoms with Crippen LogP contribution in [0.5, 0.6) is 5.75 Å². The summed E-state index contributed by atoms with van der Waals surface area (Å²) in [4.78, 5) is 13.0. The predicted molar refractivity (Wildman–Crippen MR) is 141 cm³/mol. The standard InChI is InChI=1S/C29H37N3O4/c33-26-13-15-30(16-14-26)19-24-20-31(17-12-22-4-2-1-3-5-22)29-11-10-27(18-28(24)29)36-21-23-6-8-25(9-7-23)32(34)35/h6-11,18,20,22,26,33H,1-5,12-17,19,21H2. The van der Waals surface area contributed by atoms with Crippen molar-refractivity contribution >= 4 is 16.6 Å². The Hall–Kier alpha value is -2.90. The van der Waals surface area contributed by atoms with E-state index in [0.29, 0.717) is 6.61 Å². The van der Waals surface area contributed by atoms with Crippen LogP contribution in [0.4, 0.5) is 5.69 Å². The third kappa shape index (κ3) is 6.08. The lowest BCUT2D eigenvalue weighted by atomic mass is 9.87. The maximum absolute atomic E-state index is 10.9. The molecule has 1 aliphatic carbocycles. The van der Waals surface area contributed by atoms with Crippen molar-refractivity contribution in [2.45, 2.75) is 77.2 Å². The average molecular weight is 492 g/mol.